The molecular formula is C16H17NO4. The van der Waals surface area contributed by atoms with Crippen LogP contribution in [0.5, 0.6) is 17.2 Å². The quantitative estimate of drug-likeness (QED) is 0.933. The van der Waals surface area contributed by atoms with E-state index in [-0.39, 0.29) is 0 Å². The normalized spacial score (nSPS) is 14.2. The smallest absolute Gasteiger partial charge is 0.161 e. The molecular weight excluding hydrogens is 270 g/mol. The molecule has 2 heterocycles. The number of aliphatic hydroxyl groups excluding tert-OH is 1. The van der Waals surface area contributed by atoms with Gasteiger partial charge in [0.05, 0.1) is 32.2 Å². The van der Waals surface area contributed by atoms with Gasteiger partial charge in [-0.2, -0.15) is 0 Å². The van der Waals surface area contributed by atoms with Crippen LogP contribution in [0, 0.1) is 0 Å². The maximum atomic E-state index is 10.5. The van der Waals surface area contributed by atoms with Crippen LogP contribution in [0.25, 0.3) is 0 Å². The first-order valence-corrected chi connectivity index (χ1v) is 6.75. The monoisotopic (exact) mass is 287 g/mol. The fraction of sp³-hybridized carbons (Fsp3) is 0.312. The molecule has 1 aliphatic rings. The van der Waals surface area contributed by atoms with Crippen molar-refractivity contribution in [1.29, 1.82) is 0 Å². The second kappa shape index (κ2) is 5.61. The van der Waals surface area contributed by atoms with Crippen molar-refractivity contribution in [3.63, 3.8) is 0 Å². The zero-order chi connectivity index (χ0) is 14.8. The third kappa shape index (κ3) is 2.52. The van der Waals surface area contributed by atoms with Gasteiger partial charge < -0.3 is 19.3 Å². The number of pyridine rings is 1. The van der Waals surface area contributed by atoms with Crippen molar-refractivity contribution in [1.82, 2.24) is 4.98 Å². The molecule has 0 saturated carbocycles. The number of nitrogens with zero attached hydrogens (tertiary/aromatic N) is 1. The third-order valence-corrected chi connectivity index (χ3v) is 3.55. The summed E-state index contributed by atoms with van der Waals surface area (Å²) in [7, 11) is 3.15. The van der Waals surface area contributed by atoms with Crippen LogP contribution in [0.15, 0.2) is 30.3 Å². The molecule has 1 aliphatic heterocycles. The highest BCUT2D eigenvalue weighted by molar-refractivity contribution is 5.45. The summed E-state index contributed by atoms with van der Waals surface area (Å²) in [6, 6.07) is 8.97. The lowest BCUT2D eigenvalue weighted by Gasteiger charge is -2.14. The minimum absolute atomic E-state index is 0.582. The highest BCUT2D eigenvalue weighted by Crippen LogP contribution is 2.33. The molecule has 0 saturated heterocycles. The van der Waals surface area contributed by atoms with Crippen LogP contribution in [-0.2, 0) is 6.42 Å². The average Bonchev–Trinajstić information content (AvgIpc) is 3.00. The molecule has 1 unspecified atom stereocenters. The molecule has 3 rings (SSSR count). The topological polar surface area (TPSA) is 60.8 Å². The van der Waals surface area contributed by atoms with Gasteiger partial charge in [0.15, 0.2) is 11.5 Å². The zero-order valence-corrected chi connectivity index (χ0v) is 12.0. The first kappa shape index (κ1) is 13.7. The first-order valence-electron chi connectivity index (χ1n) is 6.75. The Labute approximate surface area is 123 Å². The Balaban J connectivity index is 1.93. The minimum atomic E-state index is -0.810. The lowest BCUT2D eigenvalue weighted by molar-refractivity contribution is 0.214. The Hall–Kier alpha value is -2.27. The van der Waals surface area contributed by atoms with Gasteiger partial charge in [-0.25, -0.2) is 0 Å². The minimum Gasteiger partial charge on any atom is -0.493 e. The Kier molecular flexibility index (Phi) is 3.66. The van der Waals surface area contributed by atoms with Crippen molar-refractivity contribution in [2.45, 2.75) is 12.5 Å². The molecule has 1 N–H and O–H groups in total. The Morgan fingerprint density at radius 1 is 1.14 bits per heavy atom. The lowest BCUT2D eigenvalue weighted by atomic mass is 10.0. The van der Waals surface area contributed by atoms with Gasteiger partial charge in [0, 0.05) is 6.42 Å². The van der Waals surface area contributed by atoms with Crippen LogP contribution in [0.2, 0.25) is 0 Å². The van der Waals surface area contributed by atoms with Gasteiger partial charge in [0.2, 0.25) is 0 Å². The van der Waals surface area contributed by atoms with Gasteiger partial charge in [0.1, 0.15) is 11.9 Å². The van der Waals surface area contributed by atoms with Crippen molar-refractivity contribution < 1.29 is 19.3 Å². The molecule has 0 aliphatic carbocycles. The van der Waals surface area contributed by atoms with Crippen molar-refractivity contribution in [2.24, 2.45) is 0 Å². The molecule has 5 nitrogen and oxygen atoms in total. The number of hydrogen-bond donors (Lipinski definition) is 1. The molecule has 2 aromatic rings. The Bertz CT molecular complexity index is 657. The number of rotatable bonds is 4. The molecule has 1 atom stereocenters. The molecule has 21 heavy (non-hydrogen) atoms. The Morgan fingerprint density at radius 2 is 1.95 bits per heavy atom. The number of benzene rings is 1. The van der Waals surface area contributed by atoms with E-state index in [0.29, 0.717) is 29.4 Å². The number of hydrogen-bond acceptors (Lipinski definition) is 5. The van der Waals surface area contributed by atoms with Crippen molar-refractivity contribution in [3.8, 4) is 17.2 Å². The summed E-state index contributed by atoms with van der Waals surface area (Å²) < 4.78 is 15.9. The van der Waals surface area contributed by atoms with Crippen LogP contribution >= 0.6 is 0 Å². The van der Waals surface area contributed by atoms with Crippen LogP contribution in [0.4, 0.5) is 0 Å². The number of fused-ring (bicyclic) bond motifs is 1. The third-order valence-electron chi connectivity index (χ3n) is 3.55. The highest BCUT2D eigenvalue weighted by Gasteiger charge is 2.19. The zero-order valence-electron chi connectivity index (χ0n) is 12.0. The van der Waals surface area contributed by atoms with E-state index >= 15 is 0 Å². The largest absolute Gasteiger partial charge is 0.493 e. The molecule has 110 valence electrons. The van der Waals surface area contributed by atoms with Gasteiger partial charge in [-0.1, -0.05) is 6.07 Å². The van der Waals surface area contributed by atoms with E-state index in [4.69, 9.17) is 14.2 Å². The number of methoxy groups -OCH3 is 2. The number of aromatic nitrogens is 1. The standard InChI is InChI=1S/C16H17NO4/c1-19-14-5-3-10(9-15(14)20-2)16(18)12-4-6-13-11(17-12)7-8-21-13/h3-6,9,16,18H,7-8H2,1-2H3. The van der Waals surface area contributed by atoms with Crippen LogP contribution in [0.1, 0.15) is 23.1 Å². The molecule has 5 heteroatoms. The van der Waals surface area contributed by atoms with E-state index in [1.807, 2.05) is 6.07 Å². The van der Waals surface area contributed by atoms with E-state index in [0.717, 1.165) is 17.9 Å². The fourth-order valence-electron chi connectivity index (χ4n) is 2.42. The maximum absolute atomic E-state index is 10.5. The van der Waals surface area contributed by atoms with Gasteiger partial charge in [-0.05, 0) is 29.8 Å². The predicted molar refractivity (Wildman–Crippen MR) is 77.0 cm³/mol. The number of ether oxygens (including phenoxy) is 3. The summed E-state index contributed by atoms with van der Waals surface area (Å²) in [6.45, 7) is 0.651. The summed E-state index contributed by atoms with van der Waals surface area (Å²) in [5.41, 5.74) is 2.21. The van der Waals surface area contributed by atoms with Crippen molar-refractivity contribution in [2.75, 3.05) is 20.8 Å². The second-order valence-electron chi connectivity index (χ2n) is 4.80. The molecule has 0 spiro atoms. The Morgan fingerprint density at radius 3 is 2.71 bits per heavy atom. The van der Waals surface area contributed by atoms with E-state index in [9.17, 15) is 5.11 Å². The molecule has 1 aromatic heterocycles. The van der Waals surface area contributed by atoms with Crippen LogP contribution in [0.3, 0.4) is 0 Å². The second-order valence-corrected chi connectivity index (χ2v) is 4.80. The summed E-state index contributed by atoms with van der Waals surface area (Å²) in [5, 5.41) is 10.5. The molecule has 0 bridgehead atoms. The first-order chi connectivity index (χ1) is 10.2. The van der Waals surface area contributed by atoms with E-state index < -0.39 is 6.10 Å². The number of aliphatic hydroxyl groups is 1. The van der Waals surface area contributed by atoms with Crippen molar-refractivity contribution >= 4 is 0 Å². The maximum Gasteiger partial charge on any atom is 0.161 e. The summed E-state index contributed by atoms with van der Waals surface area (Å²) >= 11 is 0. The molecule has 0 radical (unpaired) electrons. The summed E-state index contributed by atoms with van der Waals surface area (Å²) in [6.07, 6.45) is -0.0299. The highest BCUT2D eigenvalue weighted by atomic mass is 16.5. The fourth-order valence-corrected chi connectivity index (χ4v) is 2.42. The molecule has 1 aromatic carbocycles. The molecule has 0 amide bonds. The van der Waals surface area contributed by atoms with Gasteiger partial charge in [-0.3, -0.25) is 4.98 Å². The SMILES string of the molecule is COc1ccc(C(O)c2ccc3c(n2)CCO3)cc1OC. The van der Waals surface area contributed by atoms with E-state index in [2.05, 4.69) is 4.98 Å². The molecule has 0 fully saturated rings. The van der Waals surface area contributed by atoms with Gasteiger partial charge >= 0.3 is 0 Å². The van der Waals surface area contributed by atoms with Crippen LogP contribution < -0.4 is 14.2 Å². The van der Waals surface area contributed by atoms with Gasteiger partial charge in [0.25, 0.3) is 0 Å². The average molecular weight is 287 g/mol. The van der Waals surface area contributed by atoms with Crippen LogP contribution in [-0.4, -0.2) is 30.9 Å². The summed E-state index contributed by atoms with van der Waals surface area (Å²) in [5.74, 6) is 2.01. The lowest BCUT2D eigenvalue weighted by Crippen LogP contribution is -2.04. The summed E-state index contributed by atoms with van der Waals surface area (Å²) in [4.78, 5) is 4.48. The van der Waals surface area contributed by atoms with E-state index in [1.54, 1.807) is 38.5 Å². The van der Waals surface area contributed by atoms with Crippen molar-refractivity contribution in [3.05, 3.63) is 47.3 Å². The van der Waals surface area contributed by atoms with E-state index in [1.165, 1.54) is 0 Å². The van der Waals surface area contributed by atoms with Gasteiger partial charge in [-0.15, -0.1) is 0 Å². The predicted octanol–water partition coefficient (Wildman–Crippen LogP) is 2.12.